The Hall–Kier alpha value is -0.330. The molecule has 2 aliphatic rings. The Labute approximate surface area is 202 Å². The molecule has 0 amide bonds. The highest BCUT2D eigenvalue weighted by Gasteiger charge is 2.26. The zero-order valence-electron chi connectivity index (χ0n) is 21.9. The predicted molar refractivity (Wildman–Crippen MR) is 141 cm³/mol. The summed E-state index contributed by atoms with van der Waals surface area (Å²) in [6.07, 6.45) is 38.1. The summed E-state index contributed by atoms with van der Waals surface area (Å²) < 4.78 is 0. The standard InChI is InChI=1S/C31H58O/c32-31(29-25-21-17-13-9-5-1-2-6-10-14-18-22-26-29)30-27-23-19-15-11-7-3-4-8-12-16-20-24-28-30/h29-30H,1-28H2. The van der Waals surface area contributed by atoms with Gasteiger partial charge in [-0.15, -0.1) is 0 Å². The van der Waals surface area contributed by atoms with E-state index in [2.05, 4.69) is 0 Å². The molecule has 0 unspecified atom stereocenters. The van der Waals surface area contributed by atoms with Crippen molar-refractivity contribution in [2.45, 2.75) is 180 Å². The number of Topliss-reactive ketones (excluding diaryl/α,β-unsaturated/α-hetero) is 1. The molecular formula is C31H58O. The minimum Gasteiger partial charge on any atom is -0.299 e. The van der Waals surface area contributed by atoms with Gasteiger partial charge < -0.3 is 0 Å². The van der Waals surface area contributed by atoms with E-state index in [1.165, 1.54) is 180 Å². The molecule has 0 bridgehead atoms. The lowest BCUT2D eigenvalue weighted by Gasteiger charge is -2.23. The second-order valence-corrected chi connectivity index (χ2v) is 11.4. The van der Waals surface area contributed by atoms with E-state index in [1.54, 1.807) is 0 Å². The second-order valence-electron chi connectivity index (χ2n) is 11.4. The van der Waals surface area contributed by atoms with Crippen molar-refractivity contribution < 1.29 is 4.79 Å². The molecule has 0 heterocycles. The maximum atomic E-state index is 13.7. The minimum atomic E-state index is 0.382. The first-order valence-corrected chi connectivity index (χ1v) is 15.4. The van der Waals surface area contributed by atoms with Crippen LogP contribution in [0.5, 0.6) is 0 Å². The molecule has 1 nitrogen and oxygen atoms in total. The predicted octanol–water partition coefficient (Wildman–Crippen LogP) is 10.7. The van der Waals surface area contributed by atoms with Crippen LogP contribution in [-0.2, 0) is 4.79 Å². The lowest BCUT2D eigenvalue weighted by Crippen LogP contribution is -2.24. The van der Waals surface area contributed by atoms with Gasteiger partial charge in [-0.2, -0.15) is 0 Å². The van der Waals surface area contributed by atoms with E-state index in [0.717, 1.165) is 0 Å². The van der Waals surface area contributed by atoms with Gasteiger partial charge in [0.1, 0.15) is 5.78 Å². The Balaban J connectivity index is 1.87. The molecule has 32 heavy (non-hydrogen) atoms. The molecule has 0 atom stereocenters. The lowest BCUT2D eigenvalue weighted by atomic mass is 9.80. The quantitative estimate of drug-likeness (QED) is 0.412. The molecule has 188 valence electrons. The summed E-state index contributed by atoms with van der Waals surface area (Å²) in [5.74, 6) is 1.46. The number of rotatable bonds is 2. The summed E-state index contributed by atoms with van der Waals surface area (Å²) in [6.45, 7) is 0. The average molecular weight is 447 g/mol. The highest BCUT2D eigenvalue weighted by Crippen LogP contribution is 2.29. The summed E-state index contributed by atoms with van der Waals surface area (Å²) in [7, 11) is 0. The Kier molecular flexibility index (Phi) is 17.5. The molecule has 0 aromatic rings. The first-order valence-electron chi connectivity index (χ1n) is 15.4. The third-order valence-electron chi connectivity index (χ3n) is 8.52. The third kappa shape index (κ3) is 14.0. The van der Waals surface area contributed by atoms with Gasteiger partial charge in [-0.25, -0.2) is 0 Å². The van der Waals surface area contributed by atoms with Gasteiger partial charge in [0, 0.05) is 11.8 Å². The number of hydrogen-bond acceptors (Lipinski definition) is 1. The van der Waals surface area contributed by atoms with E-state index in [0.29, 0.717) is 17.6 Å². The van der Waals surface area contributed by atoms with Gasteiger partial charge >= 0.3 is 0 Å². The Morgan fingerprint density at radius 3 is 0.625 bits per heavy atom. The van der Waals surface area contributed by atoms with Gasteiger partial charge in [-0.1, -0.05) is 154 Å². The van der Waals surface area contributed by atoms with Crippen molar-refractivity contribution in [3.63, 3.8) is 0 Å². The maximum Gasteiger partial charge on any atom is 0.139 e. The van der Waals surface area contributed by atoms with Gasteiger partial charge in [0.2, 0.25) is 0 Å². The van der Waals surface area contributed by atoms with Crippen molar-refractivity contribution in [3.8, 4) is 0 Å². The van der Waals surface area contributed by atoms with Gasteiger partial charge in [0.25, 0.3) is 0 Å². The highest BCUT2D eigenvalue weighted by molar-refractivity contribution is 5.83. The summed E-state index contributed by atoms with van der Waals surface area (Å²) in [5.41, 5.74) is 0. The van der Waals surface area contributed by atoms with Gasteiger partial charge in [-0.3, -0.25) is 4.79 Å². The van der Waals surface area contributed by atoms with E-state index in [9.17, 15) is 4.79 Å². The van der Waals surface area contributed by atoms with Crippen LogP contribution in [0.4, 0.5) is 0 Å². The zero-order valence-corrected chi connectivity index (χ0v) is 21.9. The normalized spacial score (nSPS) is 25.0. The summed E-state index contributed by atoms with van der Waals surface area (Å²) in [5, 5.41) is 0. The monoisotopic (exact) mass is 446 g/mol. The maximum absolute atomic E-state index is 13.7. The van der Waals surface area contributed by atoms with Crippen LogP contribution in [0, 0.1) is 11.8 Å². The molecule has 0 aromatic carbocycles. The van der Waals surface area contributed by atoms with Crippen LogP contribution in [0.25, 0.3) is 0 Å². The minimum absolute atomic E-state index is 0.382. The van der Waals surface area contributed by atoms with Gasteiger partial charge in [-0.05, 0) is 25.7 Å². The molecule has 0 spiro atoms. The van der Waals surface area contributed by atoms with Crippen molar-refractivity contribution >= 4 is 5.78 Å². The van der Waals surface area contributed by atoms with E-state index in [4.69, 9.17) is 0 Å². The van der Waals surface area contributed by atoms with Crippen molar-refractivity contribution in [1.82, 2.24) is 0 Å². The molecular weight excluding hydrogens is 388 g/mol. The molecule has 2 fully saturated rings. The molecule has 0 N–H and O–H groups in total. The number of ketones is 1. The van der Waals surface area contributed by atoms with E-state index < -0.39 is 0 Å². The molecule has 0 radical (unpaired) electrons. The average Bonchev–Trinajstić information content (AvgIpc) is 2.82. The number of carbonyl (C=O) groups excluding carboxylic acids is 1. The van der Waals surface area contributed by atoms with Crippen LogP contribution in [0.3, 0.4) is 0 Å². The number of hydrogen-bond donors (Lipinski definition) is 0. The van der Waals surface area contributed by atoms with Crippen LogP contribution in [0.1, 0.15) is 180 Å². The molecule has 2 aliphatic carbocycles. The fourth-order valence-corrected chi connectivity index (χ4v) is 6.29. The van der Waals surface area contributed by atoms with Gasteiger partial charge in [0.05, 0.1) is 0 Å². The summed E-state index contributed by atoms with van der Waals surface area (Å²) in [4.78, 5) is 13.7. The molecule has 0 aromatic heterocycles. The summed E-state index contributed by atoms with van der Waals surface area (Å²) in [6, 6.07) is 0. The molecule has 2 saturated carbocycles. The first kappa shape index (κ1) is 27.9. The Morgan fingerprint density at radius 2 is 0.438 bits per heavy atom. The van der Waals surface area contributed by atoms with Crippen LogP contribution in [0.15, 0.2) is 0 Å². The van der Waals surface area contributed by atoms with Crippen molar-refractivity contribution in [3.05, 3.63) is 0 Å². The van der Waals surface area contributed by atoms with Crippen LogP contribution in [-0.4, -0.2) is 5.78 Å². The molecule has 0 saturated heterocycles. The first-order chi connectivity index (χ1) is 15.9. The van der Waals surface area contributed by atoms with Crippen LogP contribution >= 0.6 is 0 Å². The second kappa shape index (κ2) is 20.1. The molecule has 1 heteroatoms. The van der Waals surface area contributed by atoms with Crippen molar-refractivity contribution in [2.24, 2.45) is 11.8 Å². The Morgan fingerprint density at radius 1 is 0.281 bits per heavy atom. The van der Waals surface area contributed by atoms with Gasteiger partial charge in [0.15, 0.2) is 0 Å². The number of carbonyl (C=O) groups is 1. The van der Waals surface area contributed by atoms with Crippen molar-refractivity contribution in [1.29, 1.82) is 0 Å². The smallest absolute Gasteiger partial charge is 0.139 e. The highest BCUT2D eigenvalue weighted by atomic mass is 16.1. The topological polar surface area (TPSA) is 17.1 Å². The Bertz CT molecular complexity index is 358. The van der Waals surface area contributed by atoms with E-state index in [1.807, 2.05) is 0 Å². The SMILES string of the molecule is O=C(C1CCCCCCCCCCCCCC1)C1CCCCCCCCCCCCCC1. The molecule has 0 aliphatic heterocycles. The zero-order chi connectivity index (χ0) is 22.5. The largest absolute Gasteiger partial charge is 0.299 e. The van der Waals surface area contributed by atoms with Crippen LogP contribution in [0.2, 0.25) is 0 Å². The van der Waals surface area contributed by atoms with Crippen LogP contribution < -0.4 is 0 Å². The molecule has 2 rings (SSSR count). The van der Waals surface area contributed by atoms with Crippen molar-refractivity contribution in [2.75, 3.05) is 0 Å². The van der Waals surface area contributed by atoms with E-state index in [-0.39, 0.29) is 0 Å². The summed E-state index contributed by atoms with van der Waals surface area (Å²) >= 11 is 0. The fourth-order valence-electron chi connectivity index (χ4n) is 6.29. The fraction of sp³-hybridized carbons (Fsp3) is 0.968. The third-order valence-corrected chi connectivity index (χ3v) is 8.52. The lowest BCUT2D eigenvalue weighted by molar-refractivity contribution is -0.128. The van der Waals surface area contributed by atoms with E-state index >= 15 is 0 Å².